The molecule has 0 bridgehead atoms. The van der Waals surface area contributed by atoms with Crippen LogP contribution in [-0.4, -0.2) is 19.6 Å². The Hall–Kier alpha value is -2.03. The zero-order chi connectivity index (χ0) is 11.8. The lowest BCUT2D eigenvalue weighted by atomic mass is 10.00. The van der Waals surface area contributed by atoms with E-state index in [1.54, 1.807) is 0 Å². The second-order valence-corrected chi connectivity index (χ2v) is 4.20. The average Bonchev–Trinajstić information content (AvgIpc) is 2.85. The van der Waals surface area contributed by atoms with Gasteiger partial charge in [0.1, 0.15) is 0 Å². The summed E-state index contributed by atoms with van der Waals surface area (Å²) in [6.45, 7) is 0.969. The van der Waals surface area contributed by atoms with Crippen molar-refractivity contribution < 1.29 is 9.53 Å². The van der Waals surface area contributed by atoms with Gasteiger partial charge in [-0.2, -0.15) is 0 Å². The van der Waals surface area contributed by atoms with Gasteiger partial charge in [-0.05, 0) is 41.0 Å². The number of methoxy groups -OCH3 is 1. The molecule has 0 saturated heterocycles. The van der Waals surface area contributed by atoms with Crippen LogP contribution in [0.15, 0.2) is 30.3 Å². The Morgan fingerprint density at radius 1 is 1.29 bits per heavy atom. The molecule has 0 aromatic heterocycles. The first-order valence-electron chi connectivity index (χ1n) is 5.67. The van der Waals surface area contributed by atoms with Gasteiger partial charge in [-0.1, -0.05) is 12.1 Å². The van der Waals surface area contributed by atoms with Gasteiger partial charge in [0.05, 0.1) is 12.7 Å². The molecule has 0 atom stereocenters. The minimum absolute atomic E-state index is 0.282. The molecule has 0 spiro atoms. The molecule has 1 heterocycles. The van der Waals surface area contributed by atoms with Gasteiger partial charge in [0, 0.05) is 12.2 Å². The number of benzene rings is 2. The molecule has 0 unspecified atom stereocenters. The quantitative estimate of drug-likeness (QED) is 0.761. The van der Waals surface area contributed by atoms with Crippen molar-refractivity contribution in [2.75, 3.05) is 19.0 Å². The SMILES string of the molecule is COC(=O)c1ccc2ccc3c(c2c1)CCN3. The predicted octanol–water partition coefficient (Wildman–Crippen LogP) is 2.59. The van der Waals surface area contributed by atoms with Crippen LogP contribution in [-0.2, 0) is 11.2 Å². The van der Waals surface area contributed by atoms with Gasteiger partial charge < -0.3 is 10.1 Å². The highest BCUT2D eigenvalue weighted by Crippen LogP contribution is 2.31. The number of esters is 1. The molecule has 86 valence electrons. The summed E-state index contributed by atoms with van der Waals surface area (Å²) in [5.41, 5.74) is 3.09. The lowest BCUT2D eigenvalue weighted by Crippen LogP contribution is -2.00. The van der Waals surface area contributed by atoms with E-state index in [9.17, 15) is 4.79 Å². The highest BCUT2D eigenvalue weighted by molar-refractivity contribution is 5.98. The van der Waals surface area contributed by atoms with E-state index in [1.807, 2.05) is 18.2 Å². The molecule has 0 saturated carbocycles. The summed E-state index contributed by atoms with van der Waals surface area (Å²) in [6.07, 6.45) is 1.01. The number of nitrogens with one attached hydrogen (secondary N) is 1. The fourth-order valence-electron chi connectivity index (χ4n) is 2.38. The third kappa shape index (κ3) is 1.55. The standard InChI is InChI=1S/C14H13NO2/c1-17-14(16)10-3-2-9-4-5-13-11(6-7-15-13)12(9)8-10/h2-5,8,15H,6-7H2,1H3. The molecule has 3 rings (SSSR count). The molecule has 1 N–H and O–H groups in total. The maximum absolute atomic E-state index is 11.5. The predicted molar refractivity (Wildman–Crippen MR) is 67.5 cm³/mol. The van der Waals surface area contributed by atoms with Crippen LogP contribution >= 0.6 is 0 Å². The van der Waals surface area contributed by atoms with E-state index in [0.29, 0.717) is 5.56 Å². The Bertz CT molecular complexity index is 604. The van der Waals surface area contributed by atoms with Gasteiger partial charge in [-0.25, -0.2) is 4.79 Å². The van der Waals surface area contributed by atoms with E-state index in [0.717, 1.165) is 18.4 Å². The lowest BCUT2D eigenvalue weighted by molar-refractivity contribution is 0.0601. The van der Waals surface area contributed by atoms with Crippen molar-refractivity contribution in [2.24, 2.45) is 0 Å². The third-order valence-corrected chi connectivity index (χ3v) is 3.24. The first kappa shape index (κ1) is 10.1. The number of hydrogen-bond acceptors (Lipinski definition) is 3. The summed E-state index contributed by atoms with van der Waals surface area (Å²) in [5, 5.41) is 5.65. The van der Waals surface area contributed by atoms with Gasteiger partial charge in [0.15, 0.2) is 0 Å². The highest BCUT2D eigenvalue weighted by Gasteiger charge is 2.14. The van der Waals surface area contributed by atoms with Crippen molar-refractivity contribution in [2.45, 2.75) is 6.42 Å². The molecule has 0 amide bonds. The third-order valence-electron chi connectivity index (χ3n) is 3.24. The van der Waals surface area contributed by atoms with Crippen LogP contribution in [0.4, 0.5) is 5.69 Å². The average molecular weight is 227 g/mol. The van der Waals surface area contributed by atoms with Crippen LogP contribution in [0.1, 0.15) is 15.9 Å². The van der Waals surface area contributed by atoms with Gasteiger partial charge >= 0.3 is 5.97 Å². The molecule has 1 aliphatic heterocycles. The molecule has 2 aromatic rings. The van der Waals surface area contributed by atoms with Crippen molar-refractivity contribution in [3.63, 3.8) is 0 Å². The minimum atomic E-state index is -0.282. The summed E-state index contributed by atoms with van der Waals surface area (Å²) in [4.78, 5) is 11.5. The van der Waals surface area contributed by atoms with Crippen LogP contribution in [0.3, 0.4) is 0 Å². The van der Waals surface area contributed by atoms with Gasteiger partial charge in [-0.3, -0.25) is 0 Å². The molecular weight excluding hydrogens is 214 g/mol. The Kier molecular flexibility index (Phi) is 2.25. The van der Waals surface area contributed by atoms with E-state index in [2.05, 4.69) is 17.4 Å². The van der Waals surface area contributed by atoms with Crippen LogP contribution in [0, 0.1) is 0 Å². The Morgan fingerprint density at radius 3 is 2.94 bits per heavy atom. The second kappa shape index (κ2) is 3.77. The van der Waals surface area contributed by atoms with E-state index in [4.69, 9.17) is 4.74 Å². The number of hydrogen-bond donors (Lipinski definition) is 1. The molecule has 17 heavy (non-hydrogen) atoms. The number of carbonyl (C=O) groups is 1. The second-order valence-electron chi connectivity index (χ2n) is 4.20. The Balaban J connectivity index is 2.24. The summed E-state index contributed by atoms with van der Waals surface area (Å²) in [6, 6.07) is 9.88. The first-order valence-corrected chi connectivity index (χ1v) is 5.67. The van der Waals surface area contributed by atoms with E-state index in [-0.39, 0.29) is 5.97 Å². The molecular formula is C14H13NO2. The van der Waals surface area contributed by atoms with Crippen molar-refractivity contribution in [3.05, 3.63) is 41.5 Å². The highest BCUT2D eigenvalue weighted by atomic mass is 16.5. The van der Waals surface area contributed by atoms with Gasteiger partial charge in [0.2, 0.25) is 0 Å². The van der Waals surface area contributed by atoms with Gasteiger partial charge in [0.25, 0.3) is 0 Å². The monoisotopic (exact) mass is 227 g/mol. The van der Waals surface area contributed by atoms with Crippen LogP contribution in [0.2, 0.25) is 0 Å². The summed E-state index contributed by atoms with van der Waals surface area (Å²) in [7, 11) is 1.41. The number of ether oxygens (including phenoxy) is 1. The lowest BCUT2D eigenvalue weighted by Gasteiger charge is -2.06. The fourth-order valence-corrected chi connectivity index (χ4v) is 2.38. The normalized spacial score (nSPS) is 13.2. The smallest absolute Gasteiger partial charge is 0.337 e. The van der Waals surface area contributed by atoms with Crippen LogP contribution < -0.4 is 5.32 Å². The maximum atomic E-state index is 11.5. The molecule has 3 heteroatoms. The number of carbonyl (C=O) groups excluding carboxylic acids is 1. The Labute approximate surface area is 99.4 Å². The minimum Gasteiger partial charge on any atom is -0.465 e. The van der Waals surface area contributed by atoms with E-state index < -0.39 is 0 Å². The van der Waals surface area contributed by atoms with Crippen molar-refractivity contribution in [1.82, 2.24) is 0 Å². The van der Waals surface area contributed by atoms with E-state index >= 15 is 0 Å². The van der Waals surface area contributed by atoms with Crippen molar-refractivity contribution >= 4 is 22.4 Å². The zero-order valence-electron chi connectivity index (χ0n) is 9.62. The summed E-state index contributed by atoms with van der Waals surface area (Å²) in [5.74, 6) is -0.282. The molecule has 0 radical (unpaired) electrons. The molecule has 0 aliphatic carbocycles. The van der Waals surface area contributed by atoms with E-state index in [1.165, 1.54) is 23.7 Å². The molecule has 2 aromatic carbocycles. The number of rotatable bonds is 1. The zero-order valence-corrected chi connectivity index (χ0v) is 9.62. The molecule has 3 nitrogen and oxygen atoms in total. The summed E-state index contributed by atoms with van der Waals surface area (Å²) < 4.78 is 4.75. The topological polar surface area (TPSA) is 38.3 Å². The fraction of sp³-hybridized carbons (Fsp3) is 0.214. The Morgan fingerprint density at radius 2 is 2.12 bits per heavy atom. The van der Waals surface area contributed by atoms with Crippen molar-refractivity contribution in [3.8, 4) is 0 Å². The van der Waals surface area contributed by atoms with Crippen LogP contribution in [0.25, 0.3) is 10.8 Å². The van der Waals surface area contributed by atoms with Crippen molar-refractivity contribution in [1.29, 1.82) is 0 Å². The molecule has 0 fully saturated rings. The maximum Gasteiger partial charge on any atom is 0.337 e. The molecule has 1 aliphatic rings. The first-order chi connectivity index (χ1) is 8.29. The van der Waals surface area contributed by atoms with Crippen LogP contribution in [0.5, 0.6) is 0 Å². The number of anilines is 1. The summed E-state index contributed by atoms with van der Waals surface area (Å²) >= 11 is 0. The largest absolute Gasteiger partial charge is 0.465 e. The van der Waals surface area contributed by atoms with Gasteiger partial charge in [-0.15, -0.1) is 0 Å². The number of fused-ring (bicyclic) bond motifs is 3.